The summed E-state index contributed by atoms with van der Waals surface area (Å²) in [4.78, 5) is 11.6. The molecule has 0 aromatic heterocycles. The Kier molecular flexibility index (Phi) is 4.87. The molecule has 16 heavy (non-hydrogen) atoms. The first-order valence-corrected chi connectivity index (χ1v) is 5.07. The zero-order valence-corrected chi connectivity index (χ0v) is 9.19. The number of hydrogen-bond acceptors (Lipinski definition) is 3. The molecule has 1 aromatic carbocycles. The van der Waals surface area contributed by atoms with Crippen molar-refractivity contribution in [3.05, 3.63) is 29.8 Å². The first-order chi connectivity index (χ1) is 7.77. The molecule has 0 saturated carbocycles. The van der Waals surface area contributed by atoms with Crippen LogP contribution < -0.4 is 10.1 Å². The highest BCUT2D eigenvalue weighted by atomic mass is 16.5. The van der Waals surface area contributed by atoms with Crippen molar-refractivity contribution in [3.63, 3.8) is 0 Å². The molecule has 0 aliphatic rings. The summed E-state index contributed by atoms with van der Waals surface area (Å²) in [6.45, 7) is 0.526. The van der Waals surface area contributed by atoms with Gasteiger partial charge in [-0.15, -0.1) is 0 Å². The predicted molar refractivity (Wildman–Crippen MR) is 60.2 cm³/mol. The number of benzene rings is 1. The van der Waals surface area contributed by atoms with E-state index < -0.39 is 0 Å². The van der Waals surface area contributed by atoms with Crippen molar-refractivity contribution in [2.45, 2.75) is 12.8 Å². The lowest BCUT2D eigenvalue weighted by Crippen LogP contribution is -2.24. The molecule has 0 saturated heterocycles. The van der Waals surface area contributed by atoms with Gasteiger partial charge in [0.25, 0.3) is 5.91 Å². The van der Waals surface area contributed by atoms with Gasteiger partial charge < -0.3 is 10.1 Å². The molecule has 0 radical (unpaired) electrons. The van der Waals surface area contributed by atoms with Crippen LogP contribution in [0.25, 0.3) is 0 Å². The van der Waals surface area contributed by atoms with Gasteiger partial charge >= 0.3 is 0 Å². The fraction of sp³-hybridized carbons (Fsp3) is 0.333. The van der Waals surface area contributed by atoms with Crippen LogP contribution in [0.15, 0.2) is 24.3 Å². The Hall–Kier alpha value is -2.02. The average Bonchev–Trinajstić information content (AvgIpc) is 2.34. The Balaban J connectivity index is 2.44. The standard InChI is InChI=1S/C12H14N2O2/c1-16-11-6-4-10(5-7-11)12(15)14-9-3-2-8-13/h4-7H,2-3,9H2,1H3,(H,14,15). The normalized spacial score (nSPS) is 9.25. The van der Waals surface area contributed by atoms with Crippen molar-refractivity contribution >= 4 is 5.91 Å². The van der Waals surface area contributed by atoms with Crippen LogP contribution in [0.1, 0.15) is 23.2 Å². The van der Waals surface area contributed by atoms with E-state index >= 15 is 0 Å². The van der Waals surface area contributed by atoms with Gasteiger partial charge in [-0.1, -0.05) is 0 Å². The summed E-state index contributed by atoms with van der Waals surface area (Å²) in [6.07, 6.45) is 1.14. The van der Waals surface area contributed by atoms with E-state index in [4.69, 9.17) is 10.00 Å². The number of rotatable bonds is 5. The number of hydrogen-bond donors (Lipinski definition) is 1. The molecule has 1 rings (SSSR count). The van der Waals surface area contributed by atoms with Gasteiger partial charge in [0.2, 0.25) is 0 Å². The van der Waals surface area contributed by atoms with Gasteiger partial charge in [-0.3, -0.25) is 4.79 Å². The summed E-state index contributed by atoms with van der Waals surface area (Å²) in [6, 6.07) is 8.92. The number of ether oxygens (including phenoxy) is 1. The maximum absolute atomic E-state index is 11.6. The summed E-state index contributed by atoms with van der Waals surface area (Å²) < 4.78 is 4.99. The number of carbonyl (C=O) groups is 1. The SMILES string of the molecule is COc1ccc(C(=O)NCCCC#N)cc1. The van der Waals surface area contributed by atoms with E-state index in [1.54, 1.807) is 31.4 Å². The van der Waals surface area contributed by atoms with Gasteiger partial charge in [0.15, 0.2) is 0 Å². The number of nitrogens with one attached hydrogen (secondary N) is 1. The molecule has 0 spiro atoms. The van der Waals surface area contributed by atoms with Crippen LogP contribution >= 0.6 is 0 Å². The second-order valence-electron chi connectivity index (χ2n) is 3.25. The zero-order valence-electron chi connectivity index (χ0n) is 9.19. The Morgan fingerprint density at radius 3 is 2.69 bits per heavy atom. The highest BCUT2D eigenvalue weighted by Crippen LogP contribution is 2.10. The smallest absolute Gasteiger partial charge is 0.251 e. The highest BCUT2D eigenvalue weighted by molar-refractivity contribution is 5.94. The number of nitrogens with zero attached hydrogens (tertiary/aromatic N) is 1. The van der Waals surface area contributed by atoms with Gasteiger partial charge in [0, 0.05) is 18.5 Å². The van der Waals surface area contributed by atoms with Crippen LogP contribution in [0.5, 0.6) is 5.75 Å². The predicted octanol–water partition coefficient (Wildman–Crippen LogP) is 1.73. The summed E-state index contributed by atoms with van der Waals surface area (Å²) in [5.41, 5.74) is 0.595. The van der Waals surface area contributed by atoms with Crippen molar-refractivity contribution in [3.8, 4) is 11.8 Å². The van der Waals surface area contributed by atoms with E-state index in [-0.39, 0.29) is 5.91 Å². The molecule has 0 aliphatic heterocycles. The van der Waals surface area contributed by atoms with Crippen LogP contribution in [-0.2, 0) is 0 Å². The van der Waals surface area contributed by atoms with E-state index in [2.05, 4.69) is 5.32 Å². The largest absolute Gasteiger partial charge is 0.497 e. The lowest BCUT2D eigenvalue weighted by Gasteiger charge is -2.04. The molecule has 0 unspecified atom stereocenters. The van der Waals surface area contributed by atoms with Crippen molar-refractivity contribution in [2.24, 2.45) is 0 Å². The molecule has 0 atom stereocenters. The maximum atomic E-state index is 11.6. The fourth-order valence-corrected chi connectivity index (χ4v) is 1.21. The van der Waals surface area contributed by atoms with Gasteiger partial charge in [0.1, 0.15) is 5.75 Å². The van der Waals surface area contributed by atoms with Gasteiger partial charge in [-0.25, -0.2) is 0 Å². The monoisotopic (exact) mass is 218 g/mol. The van der Waals surface area contributed by atoms with Crippen molar-refractivity contribution in [1.29, 1.82) is 5.26 Å². The van der Waals surface area contributed by atoms with E-state index in [0.717, 1.165) is 5.75 Å². The molecule has 84 valence electrons. The third kappa shape index (κ3) is 3.62. The minimum absolute atomic E-state index is 0.124. The summed E-state index contributed by atoms with van der Waals surface area (Å²) in [5.74, 6) is 0.599. The molecule has 0 aliphatic carbocycles. The van der Waals surface area contributed by atoms with Crippen LogP contribution in [0.2, 0.25) is 0 Å². The molecule has 0 bridgehead atoms. The topological polar surface area (TPSA) is 62.1 Å². The Morgan fingerprint density at radius 1 is 1.44 bits per heavy atom. The van der Waals surface area contributed by atoms with Crippen LogP contribution in [-0.4, -0.2) is 19.6 Å². The van der Waals surface area contributed by atoms with Gasteiger partial charge in [-0.05, 0) is 30.7 Å². The highest BCUT2D eigenvalue weighted by Gasteiger charge is 2.03. The molecule has 4 heteroatoms. The molecule has 1 N–H and O–H groups in total. The minimum Gasteiger partial charge on any atom is -0.497 e. The molecule has 1 amide bonds. The fourth-order valence-electron chi connectivity index (χ4n) is 1.21. The Bertz CT molecular complexity index is 379. The van der Waals surface area contributed by atoms with E-state index in [1.165, 1.54) is 0 Å². The third-order valence-corrected chi connectivity index (χ3v) is 2.10. The second kappa shape index (κ2) is 6.46. The maximum Gasteiger partial charge on any atom is 0.251 e. The molecule has 0 fully saturated rings. The third-order valence-electron chi connectivity index (χ3n) is 2.10. The molecule has 0 heterocycles. The van der Waals surface area contributed by atoms with Crippen molar-refractivity contribution < 1.29 is 9.53 Å². The van der Waals surface area contributed by atoms with E-state index in [9.17, 15) is 4.79 Å². The second-order valence-corrected chi connectivity index (χ2v) is 3.25. The molecular weight excluding hydrogens is 204 g/mol. The summed E-state index contributed by atoms with van der Waals surface area (Å²) >= 11 is 0. The number of methoxy groups -OCH3 is 1. The Labute approximate surface area is 94.8 Å². The average molecular weight is 218 g/mol. The zero-order chi connectivity index (χ0) is 11.8. The molecule has 1 aromatic rings. The summed E-state index contributed by atoms with van der Waals surface area (Å²) in [5, 5.41) is 11.1. The number of nitriles is 1. The quantitative estimate of drug-likeness (QED) is 0.765. The van der Waals surface area contributed by atoms with Crippen molar-refractivity contribution in [1.82, 2.24) is 5.32 Å². The minimum atomic E-state index is -0.124. The Morgan fingerprint density at radius 2 is 2.12 bits per heavy atom. The van der Waals surface area contributed by atoms with Crippen molar-refractivity contribution in [2.75, 3.05) is 13.7 Å². The van der Waals surface area contributed by atoms with Crippen LogP contribution in [0.4, 0.5) is 0 Å². The molecular formula is C12H14N2O2. The first-order valence-electron chi connectivity index (χ1n) is 5.07. The summed E-state index contributed by atoms with van der Waals surface area (Å²) in [7, 11) is 1.58. The number of amides is 1. The lowest BCUT2D eigenvalue weighted by atomic mass is 10.2. The lowest BCUT2D eigenvalue weighted by molar-refractivity contribution is 0.0953. The number of carbonyl (C=O) groups excluding carboxylic acids is 1. The van der Waals surface area contributed by atoms with E-state index in [1.807, 2.05) is 6.07 Å². The van der Waals surface area contributed by atoms with Gasteiger partial charge in [-0.2, -0.15) is 5.26 Å². The van der Waals surface area contributed by atoms with Crippen LogP contribution in [0.3, 0.4) is 0 Å². The van der Waals surface area contributed by atoms with E-state index in [0.29, 0.717) is 24.9 Å². The van der Waals surface area contributed by atoms with Crippen LogP contribution in [0, 0.1) is 11.3 Å². The number of unbranched alkanes of at least 4 members (excludes halogenated alkanes) is 1. The van der Waals surface area contributed by atoms with Gasteiger partial charge in [0.05, 0.1) is 13.2 Å². The first kappa shape index (κ1) is 12.1. The molecule has 4 nitrogen and oxygen atoms in total.